The molecule has 0 saturated heterocycles. The van der Waals surface area contributed by atoms with Crippen LogP contribution in [0.2, 0.25) is 0 Å². The number of fused-ring (bicyclic) bond motifs is 1. The number of aryl methyl sites for hydroxylation is 3. The number of carboxylic acids is 1. The van der Waals surface area contributed by atoms with E-state index in [1.165, 1.54) is 16.5 Å². The first-order valence-corrected chi connectivity index (χ1v) is 9.50. The molecule has 0 aliphatic carbocycles. The maximum absolute atomic E-state index is 10.9. The zero-order valence-corrected chi connectivity index (χ0v) is 15.6. The molecule has 0 spiro atoms. The molecule has 0 amide bonds. The van der Waals surface area contributed by atoms with Gasteiger partial charge in [0.25, 0.3) is 0 Å². The number of pyridine rings is 1. The van der Waals surface area contributed by atoms with Gasteiger partial charge in [-0.15, -0.1) is 0 Å². The first-order valence-electron chi connectivity index (χ1n) is 9.50. The lowest BCUT2D eigenvalue weighted by molar-refractivity contribution is -0.136. The van der Waals surface area contributed by atoms with Crippen molar-refractivity contribution in [2.75, 3.05) is 0 Å². The van der Waals surface area contributed by atoms with Gasteiger partial charge in [0.2, 0.25) is 0 Å². The second-order valence-electron chi connectivity index (χ2n) is 6.97. The largest absolute Gasteiger partial charge is 0.481 e. The summed E-state index contributed by atoms with van der Waals surface area (Å²) in [6.07, 6.45) is 8.40. The number of aliphatic carboxylic acids is 1. The predicted octanol–water partition coefficient (Wildman–Crippen LogP) is 4.83. The molecule has 2 heterocycles. The molecular weight excluding hydrogens is 348 g/mol. The quantitative estimate of drug-likeness (QED) is 0.507. The molecule has 0 atom stereocenters. The number of benzene rings is 2. The van der Waals surface area contributed by atoms with E-state index in [-0.39, 0.29) is 6.42 Å². The molecule has 0 fully saturated rings. The third-order valence-corrected chi connectivity index (χ3v) is 5.03. The number of nitrogens with zero attached hydrogens (tertiary/aromatic N) is 2. The van der Waals surface area contributed by atoms with E-state index in [2.05, 4.69) is 52.1 Å². The fourth-order valence-electron chi connectivity index (χ4n) is 3.58. The summed E-state index contributed by atoms with van der Waals surface area (Å²) in [5.74, 6) is -0.766. The van der Waals surface area contributed by atoms with Crippen molar-refractivity contribution in [2.45, 2.75) is 25.7 Å². The maximum atomic E-state index is 10.9. The highest BCUT2D eigenvalue weighted by molar-refractivity contribution is 5.86. The number of aromatic nitrogens is 2. The van der Waals surface area contributed by atoms with Crippen molar-refractivity contribution in [2.24, 2.45) is 0 Å². The highest BCUT2D eigenvalue weighted by Gasteiger charge is 2.12. The van der Waals surface area contributed by atoms with Crippen molar-refractivity contribution in [1.82, 2.24) is 9.55 Å². The Hall–Kier alpha value is -3.40. The number of rotatable bonds is 7. The highest BCUT2D eigenvalue weighted by atomic mass is 16.4. The molecule has 28 heavy (non-hydrogen) atoms. The van der Waals surface area contributed by atoms with Crippen LogP contribution in [0.4, 0.5) is 0 Å². The third-order valence-electron chi connectivity index (χ3n) is 5.03. The highest BCUT2D eigenvalue weighted by Crippen LogP contribution is 2.27. The smallest absolute Gasteiger partial charge is 0.303 e. The summed E-state index contributed by atoms with van der Waals surface area (Å²) < 4.78 is 2.17. The molecule has 4 aromatic rings. The molecule has 0 bridgehead atoms. The van der Waals surface area contributed by atoms with Gasteiger partial charge in [-0.2, -0.15) is 0 Å². The topological polar surface area (TPSA) is 55.1 Å². The summed E-state index contributed by atoms with van der Waals surface area (Å²) in [5, 5.41) is 10.2. The molecule has 0 radical (unpaired) electrons. The normalized spacial score (nSPS) is 11.0. The van der Waals surface area contributed by atoms with Crippen molar-refractivity contribution in [3.63, 3.8) is 0 Å². The molecule has 140 valence electrons. The van der Waals surface area contributed by atoms with Crippen LogP contribution in [-0.4, -0.2) is 20.6 Å². The Labute approximate surface area is 164 Å². The van der Waals surface area contributed by atoms with E-state index in [9.17, 15) is 4.79 Å². The van der Waals surface area contributed by atoms with Gasteiger partial charge in [-0.25, -0.2) is 0 Å². The van der Waals surface area contributed by atoms with E-state index < -0.39 is 5.97 Å². The molecule has 4 nitrogen and oxygen atoms in total. The average molecular weight is 370 g/mol. The zero-order valence-electron chi connectivity index (χ0n) is 15.6. The average Bonchev–Trinajstić information content (AvgIpc) is 3.10. The van der Waals surface area contributed by atoms with Crippen LogP contribution in [0.15, 0.2) is 79.3 Å². The minimum Gasteiger partial charge on any atom is -0.481 e. The Morgan fingerprint density at radius 3 is 2.54 bits per heavy atom. The molecule has 2 aromatic carbocycles. The number of carbonyl (C=O) groups is 1. The lowest BCUT2D eigenvalue weighted by Crippen LogP contribution is -1.97. The van der Waals surface area contributed by atoms with Gasteiger partial charge >= 0.3 is 5.97 Å². The molecule has 0 aliphatic heterocycles. The van der Waals surface area contributed by atoms with Gasteiger partial charge in [0, 0.05) is 24.2 Å². The minimum absolute atomic E-state index is 0.147. The Balaban J connectivity index is 1.72. The van der Waals surface area contributed by atoms with Crippen LogP contribution in [0.5, 0.6) is 0 Å². The van der Waals surface area contributed by atoms with Crippen molar-refractivity contribution >= 4 is 16.9 Å². The molecule has 2 aromatic heterocycles. The lowest BCUT2D eigenvalue weighted by Gasteiger charge is -2.05. The SMILES string of the molecule is O=C(O)CCc1ccc2c(c1)c(CCc1ccccc1)cn2-c1cccnc1. The van der Waals surface area contributed by atoms with Crippen LogP contribution in [0.1, 0.15) is 23.1 Å². The molecule has 0 saturated carbocycles. The fourth-order valence-corrected chi connectivity index (χ4v) is 3.58. The molecule has 0 aliphatic rings. The minimum atomic E-state index is -0.766. The molecule has 1 N–H and O–H groups in total. The van der Waals surface area contributed by atoms with Gasteiger partial charge in [0.05, 0.1) is 17.4 Å². The molecule has 4 heteroatoms. The summed E-state index contributed by atoms with van der Waals surface area (Å²) >= 11 is 0. The van der Waals surface area contributed by atoms with E-state index >= 15 is 0 Å². The van der Waals surface area contributed by atoms with Crippen LogP contribution in [0.25, 0.3) is 16.6 Å². The van der Waals surface area contributed by atoms with Gasteiger partial charge < -0.3 is 9.67 Å². The van der Waals surface area contributed by atoms with E-state index in [0.717, 1.165) is 29.6 Å². The fraction of sp³-hybridized carbons (Fsp3) is 0.167. The number of hydrogen-bond acceptors (Lipinski definition) is 2. The first-order chi connectivity index (χ1) is 13.7. The Kier molecular flexibility index (Phi) is 5.20. The van der Waals surface area contributed by atoms with Crippen LogP contribution in [0.3, 0.4) is 0 Å². The predicted molar refractivity (Wildman–Crippen MR) is 111 cm³/mol. The van der Waals surface area contributed by atoms with Crippen LogP contribution < -0.4 is 0 Å². The van der Waals surface area contributed by atoms with Crippen LogP contribution in [0, 0.1) is 0 Å². The Morgan fingerprint density at radius 2 is 1.79 bits per heavy atom. The van der Waals surface area contributed by atoms with Crippen molar-refractivity contribution in [3.8, 4) is 5.69 Å². The standard InChI is InChI=1S/C24H22N2O2/c27-24(28)13-10-19-9-12-23-22(15-19)20(11-8-18-5-2-1-3-6-18)17-26(23)21-7-4-14-25-16-21/h1-7,9,12,14-17H,8,10-11,13H2,(H,27,28). The van der Waals surface area contributed by atoms with Crippen LogP contribution in [-0.2, 0) is 24.1 Å². The van der Waals surface area contributed by atoms with Gasteiger partial charge in [-0.1, -0.05) is 36.4 Å². The Bertz CT molecular complexity index is 1090. The van der Waals surface area contributed by atoms with E-state index in [4.69, 9.17) is 5.11 Å². The second-order valence-corrected chi connectivity index (χ2v) is 6.97. The Morgan fingerprint density at radius 1 is 0.929 bits per heavy atom. The molecule has 4 rings (SSSR count). The second kappa shape index (κ2) is 8.09. The molecule has 0 unspecified atom stereocenters. The summed E-state index contributed by atoms with van der Waals surface area (Å²) in [6.45, 7) is 0. The van der Waals surface area contributed by atoms with Gasteiger partial charge in [-0.05, 0) is 60.2 Å². The van der Waals surface area contributed by atoms with Gasteiger partial charge in [0.1, 0.15) is 0 Å². The third kappa shape index (κ3) is 3.96. The van der Waals surface area contributed by atoms with Crippen molar-refractivity contribution in [3.05, 3.63) is 95.9 Å². The zero-order chi connectivity index (χ0) is 19.3. The summed E-state index contributed by atoms with van der Waals surface area (Å²) in [5.41, 5.74) is 5.78. The van der Waals surface area contributed by atoms with E-state index in [1.54, 1.807) is 6.20 Å². The van der Waals surface area contributed by atoms with Gasteiger partial charge in [0.15, 0.2) is 0 Å². The van der Waals surface area contributed by atoms with Crippen molar-refractivity contribution in [1.29, 1.82) is 0 Å². The van der Waals surface area contributed by atoms with Crippen molar-refractivity contribution < 1.29 is 9.90 Å². The number of carboxylic acid groups (broad SMARTS) is 1. The first kappa shape index (κ1) is 18.0. The van der Waals surface area contributed by atoms with E-state index in [0.29, 0.717) is 6.42 Å². The summed E-state index contributed by atoms with van der Waals surface area (Å²) in [6, 6.07) is 20.7. The summed E-state index contributed by atoms with van der Waals surface area (Å²) in [4.78, 5) is 15.2. The van der Waals surface area contributed by atoms with E-state index in [1.807, 2.05) is 30.5 Å². The monoisotopic (exact) mass is 370 g/mol. The lowest BCUT2D eigenvalue weighted by atomic mass is 10.0. The van der Waals surface area contributed by atoms with Gasteiger partial charge in [-0.3, -0.25) is 9.78 Å². The van der Waals surface area contributed by atoms with Crippen LogP contribution >= 0.6 is 0 Å². The maximum Gasteiger partial charge on any atom is 0.303 e. The number of hydrogen-bond donors (Lipinski definition) is 1. The molecular formula is C24H22N2O2. The summed E-state index contributed by atoms with van der Waals surface area (Å²) in [7, 11) is 0.